The molecule has 6 atom stereocenters. The van der Waals surface area contributed by atoms with E-state index in [0.717, 1.165) is 0 Å². The van der Waals surface area contributed by atoms with Crippen LogP contribution in [0.5, 0.6) is 5.75 Å². The lowest BCUT2D eigenvalue weighted by Gasteiger charge is -2.26. The van der Waals surface area contributed by atoms with Crippen molar-refractivity contribution in [2.24, 2.45) is 33.8 Å². The van der Waals surface area contributed by atoms with E-state index in [1.54, 1.807) is 13.8 Å². The van der Waals surface area contributed by atoms with Gasteiger partial charge < -0.3 is 75.1 Å². The zero-order valence-electron chi connectivity index (χ0n) is 34.1. The van der Waals surface area contributed by atoms with Crippen LogP contribution in [0.2, 0.25) is 0 Å². The third-order valence-electron chi connectivity index (χ3n) is 8.73. The van der Waals surface area contributed by atoms with Crippen molar-refractivity contribution in [1.29, 1.82) is 0 Å². The summed E-state index contributed by atoms with van der Waals surface area (Å²) in [6.07, 6.45) is 0.740. The number of phenols is 1. The number of aromatic nitrogens is 2. The SMILES string of the molecule is CC(C)C[C@H](NC(=O)CNC(=O)[C@@H](N)Cc1cnc[nH]1)C(=O)N[C@@H](CC(=O)O)C(=O)N[C@@H](CC(N)=O)C(=O)N[C@@H](Cc1ccc(O)cc1)C(=O)N[C@@H](CCCN=C(N)N)C(=O)O. The summed E-state index contributed by atoms with van der Waals surface area (Å²) >= 11 is 0. The number of carboxylic acid groups (broad SMARTS) is 2. The van der Waals surface area contributed by atoms with Crippen molar-refractivity contribution < 1.29 is 58.5 Å². The molecule has 25 heteroatoms. The fraction of sp³-hybridized carbons (Fsp3) is 0.486. The monoisotopic (exact) mass is 873 g/mol. The fourth-order valence-corrected chi connectivity index (χ4v) is 5.69. The molecule has 0 aliphatic carbocycles. The number of carbonyl (C=O) groups is 9. The summed E-state index contributed by atoms with van der Waals surface area (Å²) in [4.78, 5) is 126. The number of primary amides is 1. The Morgan fingerprint density at radius 2 is 1.31 bits per heavy atom. The zero-order valence-corrected chi connectivity index (χ0v) is 34.1. The highest BCUT2D eigenvalue weighted by Crippen LogP contribution is 2.13. The summed E-state index contributed by atoms with van der Waals surface area (Å²) in [6.45, 7) is 2.87. The number of aliphatic carboxylic acids is 2. The van der Waals surface area contributed by atoms with Crippen molar-refractivity contribution in [1.82, 2.24) is 41.9 Å². The quantitative estimate of drug-likeness (QED) is 0.0228. The number of imidazole rings is 1. The van der Waals surface area contributed by atoms with Gasteiger partial charge in [0.05, 0.1) is 31.8 Å². The van der Waals surface area contributed by atoms with E-state index in [0.29, 0.717) is 11.3 Å². The van der Waals surface area contributed by atoms with Crippen molar-refractivity contribution in [3.05, 3.63) is 48.0 Å². The standard InChI is InChI=1S/C37H55N13O12/c1-18(2)10-24(46-29(53)16-44-31(56)22(38)12-20-15-42-17-45-20)32(57)50-27(14-30(54)55)35(60)49-26(13-28(39)52)34(59)48-25(11-19-5-7-21(51)8-6-19)33(58)47-23(36(61)62)4-3-9-43-37(40)41/h5-8,15,17-18,22-27,51H,3-4,9-14,16,38H2,1-2H3,(H2,39,52)(H,42,45)(H,44,56)(H,46,53)(H,47,58)(H,48,59)(H,49,60)(H,50,57)(H,54,55)(H,61,62)(H4,40,41,43)/t22-,23-,24-,25-,26-,27-/m0/s1. The highest BCUT2D eigenvalue weighted by atomic mass is 16.4. The molecule has 1 aromatic carbocycles. The van der Waals surface area contributed by atoms with Crippen LogP contribution < -0.4 is 54.8 Å². The highest BCUT2D eigenvalue weighted by molar-refractivity contribution is 5.99. The summed E-state index contributed by atoms with van der Waals surface area (Å²) in [5, 5.41) is 43.0. The van der Waals surface area contributed by atoms with Crippen molar-refractivity contribution in [3.63, 3.8) is 0 Å². The first-order valence-electron chi connectivity index (χ1n) is 19.2. The number of aromatic hydroxyl groups is 1. The summed E-state index contributed by atoms with van der Waals surface area (Å²) < 4.78 is 0. The van der Waals surface area contributed by atoms with Crippen molar-refractivity contribution >= 4 is 59.2 Å². The van der Waals surface area contributed by atoms with Gasteiger partial charge in [-0.1, -0.05) is 26.0 Å². The van der Waals surface area contributed by atoms with E-state index in [1.165, 1.54) is 36.8 Å². The lowest BCUT2D eigenvalue weighted by atomic mass is 10.0. The van der Waals surface area contributed by atoms with Crippen LogP contribution in [0.4, 0.5) is 0 Å². The Morgan fingerprint density at radius 1 is 0.742 bits per heavy atom. The number of guanidine groups is 1. The Hall–Kier alpha value is -7.31. The number of nitrogens with zero attached hydrogens (tertiary/aromatic N) is 2. The maximum atomic E-state index is 13.7. The lowest BCUT2D eigenvalue weighted by molar-refractivity contribution is -0.142. The second kappa shape index (κ2) is 25.3. The highest BCUT2D eigenvalue weighted by Gasteiger charge is 2.34. The minimum Gasteiger partial charge on any atom is -0.508 e. The molecule has 2 rings (SSSR count). The number of hydrogen-bond acceptors (Lipinski definition) is 13. The van der Waals surface area contributed by atoms with Gasteiger partial charge in [-0.05, 0) is 42.9 Å². The van der Waals surface area contributed by atoms with Crippen molar-refractivity contribution in [3.8, 4) is 5.75 Å². The molecule has 25 nitrogen and oxygen atoms in total. The van der Waals surface area contributed by atoms with Gasteiger partial charge in [0.15, 0.2) is 5.96 Å². The van der Waals surface area contributed by atoms with E-state index in [2.05, 4.69) is 46.9 Å². The molecular formula is C37H55N13O12. The van der Waals surface area contributed by atoms with Crippen LogP contribution in [0.25, 0.3) is 0 Å². The molecule has 0 spiro atoms. The topological polar surface area (TPSA) is 432 Å². The largest absolute Gasteiger partial charge is 0.508 e. The van der Waals surface area contributed by atoms with Crippen LogP contribution in [0.3, 0.4) is 0 Å². The van der Waals surface area contributed by atoms with Crippen molar-refractivity contribution in [2.45, 2.75) is 95.0 Å². The number of nitrogens with one attached hydrogen (secondary N) is 7. The zero-order chi connectivity index (χ0) is 46.5. The molecular weight excluding hydrogens is 818 g/mol. The van der Waals surface area contributed by atoms with Gasteiger partial charge in [-0.3, -0.25) is 43.3 Å². The predicted molar refractivity (Wildman–Crippen MR) is 218 cm³/mol. The molecule has 0 bridgehead atoms. The molecule has 340 valence electrons. The summed E-state index contributed by atoms with van der Waals surface area (Å²) in [7, 11) is 0. The third kappa shape index (κ3) is 19.2. The molecule has 1 heterocycles. The van der Waals surface area contributed by atoms with Crippen LogP contribution in [-0.2, 0) is 56.0 Å². The number of hydrogen-bond donors (Lipinski definition) is 14. The maximum Gasteiger partial charge on any atom is 0.326 e. The molecule has 1 aromatic heterocycles. The summed E-state index contributed by atoms with van der Waals surface area (Å²) in [5.74, 6) is -10.7. The van der Waals surface area contributed by atoms with E-state index in [9.17, 15) is 58.5 Å². The van der Waals surface area contributed by atoms with Gasteiger partial charge in [-0.2, -0.15) is 0 Å². The average molecular weight is 874 g/mol. The Labute approximate surface area is 355 Å². The number of phenolic OH excluding ortho intramolecular Hbond substituents is 1. The van der Waals surface area contributed by atoms with Gasteiger partial charge in [-0.15, -0.1) is 0 Å². The Kier molecular flexibility index (Phi) is 20.8. The summed E-state index contributed by atoms with van der Waals surface area (Å²) in [6, 6.07) is -3.79. The molecule has 62 heavy (non-hydrogen) atoms. The molecule has 0 aliphatic rings. The van der Waals surface area contributed by atoms with Crippen LogP contribution in [0, 0.1) is 5.92 Å². The number of nitrogens with two attached hydrogens (primary N) is 4. The van der Waals surface area contributed by atoms with Gasteiger partial charge in [0.25, 0.3) is 0 Å². The third-order valence-corrected chi connectivity index (χ3v) is 8.73. The molecule has 0 radical (unpaired) electrons. The molecule has 2 aromatic rings. The molecule has 18 N–H and O–H groups in total. The average Bonchev–Trinajstić information content (AvgIpc) is 3.70. The minimum absolute atomic E-state index is 0.0114. The van der Waals surface area contributed by atoms with E-state index in [-0.39, 0.29) is 56.3 Å². The second-order valence-corrected chi connectivity index (χ2v) is 14.5. The van der Waals surface area contributed by atoms with Crippen LogP contribution >= 0.6 is 0 Å². The smallest absolute Gasteiger partial charge is 0.326 e. The summed E-state index contributed by atoms with van der Waals surface area (Å²) in [5.41, 5.74) is 22.8. The number of benzene rings is 1. The van der Waals surface area contributed by atoms with E-state index < -0.39 is 109 Å². The second-order valence-electron chi connectivity index (χ2n) is 14.5. The number of aliphatic imine (C=N–C) groups is 1. The minimum atomic E-state index is -1.90. The van der Waals surface area contributed by atoms with Gasteiger partial charge in [0.2, 0.25) is 41.4 Å². The first kappa shape index (κ1) is 50.8. The number of H-pyrrole nitrogens is 1. The first-order valence-corrected chi connectivity index (χ1v) is 19.2. The first-order chi connectivity index (χ1) is 29.1. The van der Waals surface area contributed by atoms with Crippen molar-refractivity contribution in [2.75, 3.05) is 13.1 Å². The fourth-order valence-electron chi connectivity index (χ4n) is 5.69. The van der Waals surface area contributed by atoms with Gasteiger partial charge in [-0.25, -0.2) is 9.78 Å². The molecule has 0 aliphatic heterocycles. The number of aromatic amines is 1. The molecule has 0 unspecified atom stereocenters. The van der Waals surface area contributed by atoms with Crippen LogP contribution in [0.15, 0.2) is 41.8 Å². The van der Waals surface area contributed by atoms with E-state index in [4.69, 9.17) is 22.9 Å². The number of carbonyl (C=O) groups excluding carboxylic acids is 7. The number of amides is 7. The Balaban J connectivity index is 2.27. The molecule has 7 amide bonds. The van der Waals surface area contributed by atoms with Crippen LogP contribution in [-0.4, -0.2) is 134 Å². The Morgan fingerprint density at radius 3 is 1.84 bits per heavy atom. The molecule has 0 saturated carbocycles. The van der Waals surface area contributed by atoms with E-state index in [1.807, 2.05) is 0 Å². The predicted octanol–water partition coefficient (Wildman–Crippen LogP) is -4.70. The number of rotatable bonds is 27. The maximum absolute atomic E-state index is 13.7. The van der Waals surface area contributed by atoms with Gasteiger partial charge in [0, 0.05) is 31.3 Å². The van der Waals surface area contributed by atoms with Crippen LogP contribution in [0.1, 0.15) is 57.2 Å². The molecule has 0 saturated heterocycles. The lowest BCUT2D eigenvalue weighted by Crippen LogP contribution is -2.60. The normalized spacial score (nSPS) is 13.7. The number of carboxylic acids is 2. The Bertz CT molecular complexity index is 1900. The molecule has 0 fully saturated rings. The van der Waals surface area contributed by atoms with Gasteiger partial charge in [0.1, 0.15) is 36.0 Å². The van der Waals surface area contributed by atoms with E-state index >= 15 is 0 Å². The van der Waals surface area contributed by atoms with Gasteiger partial charge >= 0.3 is 11.9 Å².